The highest BCUT2D eigenvalue weighted by atomic mass is 16.5. The molecule has 0 spiro atoms. The summed E-state index contributed by atoms with van der Waals surface area (Å²) in [6, 6.07) is 6.19. The minimum atomic E-state index is -0.746. The highest BCUT2D eigenvalue weighted by Crippen LogP contribution is 2.40. The van der Waals surface area contributed by atoms with Gasteiger partial charge >= 0.3 is 5.97 Å². The molecule has 0 bridgehead atoms. The summed E-state index contributed by atoms with van der Waals surface area (Å²) in [4.78, 5) is 13.4. The molecule has 1 aliphatic heterocycles. The Bertz CT molecular complexity index is 496. The summed E-state index contributed by atoms with van der Waals surface area (Å²) in [5.41, 5.74) is 1.61. The van der Waals surface area contributed by atoms with E-state index in [1.165, 1.54) is 5.56 Å². The lowest BCUT2D eigenvalue weighted by atomic mass is 9.85. The van der Waals surface area contributed by atoms with Crippen LogP contribution in [0.5, 0.6) is 5.75 Å². The molecule has 1 unspecified atom stereocenters. The Morgan fingerprint density at radius 2 is 2.21 bits per heavy atom. The third-order valence-corrected chi connectivity index (χ3v) is 4.02. The molecule has 1 atom stereocenters. The van der Waals surface area contributed by atoms with E-state index >= 15 is 0 Å². The summed E-state index contributed by atoms with van der Waals surface area (Å²) in [6.07, 6.45) is 1.46. The number of hydrogen-bond donors (Lipinski definition) is 1. The van der Waals surface area contributed by atoms with Gasteiger partial charge in [0, 0.05) is 24.3 Å². The van der Waals surface area contributed by atoms with E-state index in [0.717, 1.165) is 17.9 Å². The molecule has 0 saturated heterocycles. The Balaban J connectivity index is 2.24. The van der Waals surface area contributed by atoms with Gasteiger partial charge in [-0.2, -0.15) is 0 Å². The maximum Gasteiger partial charge on any atom is 0.309 e. The fourth-order valence-electron chi connectivity index (χ4n) is 2.74. The van der Waals surface area contributed by atoms with Crippen LogP contribution in [0.4, 0.5) is 5.69 Å². The van der Waals surface area contributed by atoms with Crippen molar-refractivity contribution < 1.29 is 14.6 Å². The largest absolute Gasteiger partial charge is 0.496 e. The molecule has 4 heteroatoms. The number of aliphatic carboxylic acids is 1. The summed E-state index contributed by atoms with van der Waals surface area (Å²) in [7, 11) is 3.69. The molecule has 19 heavy (non-hydrogen) atoms. The Kier molecular flexibility index (Phi) is 3.43. The molecule has 0 aromatic heterocycles. The first-order valence-corrected chi connectivity index (χ1v) is 6.49. The molecular formula is C15H21NO3. The lowest BCUT2D eigenvalue weighted by Gasteiger charge is -2.29. The standard InChI is InChI=1S/C15H21NO3/c1-15(2,14(17)18)9-10-8-11-12(16(10)3)6-5-7-13(11)19-4/h5-7,10H,8-9H2,1-4H3,(H,17,18). The quantitative estimate of drug-likeness (QED) is 0.907. The van der Waals surface area contributed by atoms with Gasteiger partial charge in [0.25, 0.3) is 0 Å². The molecule has 0 amide bonds. The molecule has 1 heterocycles. The van der Waals surface area contributed by atoms with Gasteiger partial charge in [-0.3, -0.25) is 4.79 Å². The van der Waals surface area contributed by atoms with Crippen LogP contribution in [-0.4, -0.2) is 31.3 Å². The van der Waals surface area contributed by atoms with Crippen LogP contribution in [-0.2, 0) is 11.2 Å². The smallest absolute Gasteiger partial charge is 0.309 e. The zero-order valence-electron chi connectivity index (χ0n) is 11.9. The third kappa shape index (κ3) is 2.39. The van der Waals surface area contributed by atoms with E-state index in [9.17, 15) is 9.90 Å². The normalized spacial score (nSPS) is 18.3. The fraction of sp³-hybridized carbons (Fsp3) is 0.533. The van der Waals surface area contributed by atoms with Gasteiger partial charge in [0.15, 0.2) is 0 Å². The number of fused-ring (bicyclic) bond motifs is 1. The molecule has 0 fully saturated rings. The van der Waals surface area contributed by atoms with Crippen molar-refractivity contribution in [2.45, 2.75) is 32.7 Å². The van der Waals surface area contributed by atoms with Gasteiger partial charge in [-0.05, 0) is 38.8 Å². The number of carbonyl (C=O) groups is 1. The van der Waals surface area contributed by atoms with Gasteiger partial charge in [0.05, 0.1) is 12.5 Å². The number of carboxylic acids is 1. The van der Waals surface area contributed by atoms with Gasteiger partial charge in [0.2, 0.25) is 0 Å². The second-order valence-electron chi connectivity index (χ2n) is 5.82. The second-order valence-corrected chi connectivity index (χ2v) is 5.82. The van der Waals surface area contributed by atoms with Crippen LogP contribution in [0.2, 0.25) is 0 Å². The fourth-order valence-corrected chi connectivity index (χ4v) is 2.74. The number of nitrogens with zero attached hydrogens (tertiary/aromatic N) is 1. The van der Waals surface area contributed by atoms with Crippen LogP contribution >= 0.6 is 0 Å². The number of methoxy groups -OCH3 is 1. The van der Waals surface area contributed by atoms with Crippen molar-refractivity contribution in [2.75, 3.05) is 19.1 Å². The number of anilines is 1. The summed E-state index contributed by atoms with van der Waals surface area (Å²) in [5.74, 6) is 0.142. The van der Waals surface area contributed by atoms with Crippen LogP contribution in [0, 0.1) is 5.41 Å². The zero-order chi connectivity index (χ0) is 14.2. The van der Waals surface area contributed by atoms with E-state index in [0.29, 0.717) is 6.42 Å². The molecule has 1 N–H and O–H groups in total. The molecule has 1 aromatic carbocycles. The maximum absolute atomic E-state index is 11.3. The molecule has 2 rings (SSSR count). The van der Waals surface area contributed by atoms with Crippen molar-refractivity contribution in [3.63, 3.8) is 0 Å². The minimum absolute atomic E-state index is 0.206. The average Bonchev–Trinajstić information content (AvgIpc) is 2.66. The second kappa shape index (κ2) is 4.76. The summed E-state index contributed by atoms with van der Waals surface area (Å²) < 4.78 is 5.39. The Morgan fingerprint density at radius 3 is 2.79 bits per heavy atom. The molecule has 4 nitrogen and oxygen atoms in total. The van der Waals surface area contributed by atoms with Gasteiger partial charge in [-0.1, -0.05) is 6.07 Å². The molecule has 0 saturated carbocycles. The zero-order valence-corrected chi connectivity index (χ0v) is 11.9. The van der Waals surface area contributed by atoms with Crippen molar-refractivity contribution in [1.29, 1.82) is 0 Å². The highest BCUT2D eigenvalue weighted by molar-refractivity contribution is 5.74. The maximum atomic E-state index is 11.3. The lowest BCUT2D eigenvalue weighted by molar-refractivity contribution is -0.147. The summed E-state index contributed by atoms with van der Waals surface area (Å²) >= 11 is 0. The lowest BCUT2D eigenvalue weighted by Crippen LogP contribution is -2.36. The molecule has 104 valence electrons. The predicted octanol–water partition coefficient (Wildman–Crippen LogP) is 2.56. The minimum Gasteiger partial charge on any atom is -0.496 e. The van der Waals surface area contributed by atoms with E-state index in [1.807, 2.05) is 19.2 Å². The first-order valence-electron chi connectivity index (χ1n) is 6.49. The van der Waals surface area contributed by atoms with E-state index in [4.69, 9.17) is 4.74 Å². The van der Waals surface area contributed by atoms with Crippen molar-refractivity contribution in [3.05, 3.63) is 23.8 Å². The van der Waals surface area contributed by atoms with E-state index in [-0.39, 0.29) is 6.04 Å². The monoisotopic (exact) mass is 263 g/mol. The molecular weight excluding hydrogens is 242 g/mol. The third-order valence-electron chi connectivity index (χ3n) is 4.02. The SMILES string of the molecule is COc1cccc2c1CC(CC(C)(C)C(=O)O)N2C. The van der Waals surface area contributed by atoms with Crippen molar-refractivity contribution in [2.24, 2.45) is 5.41 Å². The molecule has 0 radical (unpaired) electrons. The van der Waals surface area contributed by atoms with Gasteiger partial charge in [-0.25, -0.2) is 0 Å². The van der Waals surface area contributed by atoms with Crippen LogP contribution in [0.15, 0.2) is 18.2 Å². The van der Waals surface area contributed by atoms with Crippen molar-refractivity contribution in [3.8, 4) is 5.75 Å². The Hall–Kier alpha value is -1.71. The predicted molar refractivity (Wildman–Crippen MR) is 74.9 cm³/mol. The first kappa shape index (κ1) is 13.7. The topological polar surface area (TPSA) is 49.8 Å². The van der Waals surface area contributed by atoms with Gasteiger partial charge in [0.1, 0.15) is 5.75 Å². The van der Waals surface area contributed by atoms with Gasteiger partial charge in [-0.15, -0.1) is 0 Å². The first-order chi connectivity index (χ1) is 8.86. The number of benzene rings is 1. The average molecular weight is 263 g/mol. The molecule has 1 aliphatic rings. The number of rotatable bonds is 4. The van der Waals surface area contributed by atoms with Crippen LogP contribution in [0.3, 0.4) is 0 Å². The molecule has 0 aliphatic carbocycles. The Labute approximate surface area is 114 Å². The van der Waals surface area contributed by atoms with Crippen LogP contribution in [0.1, 0.15) is 25.8 Å². The number of hydrogen-bond acceptors (Lipinski definition) is 3. The van der Waals surface area contributed by atoms with E-state index < -0.39 is 11.4 Å². The highest BCUT2D eigenvalue weighted by Gasteiger charge is 2.36. The van der Waals surface area contributed by atoms with E-state index in [1.54, 1.807) is 21.0 Å². The van der Waals surface area contributed by atoms with Crippen LogP contribution < -0.4 is 9.64 Å². The Morgan fingerprint density at radius 1 is 1.53 bits per heavy atom. The van der Waals surface area contributed by atoms with Crippen molar-refractivity contribution in [1.82, 2.24) is 0 Å². The number of ether oxygens (including phenoxy) is 1. The summed E-state index contributed by atoms with van der Waals surface area (Å²) in [6.45, 7) is 3.56. The van der Waals surface area contributed by atoms with Gasteiger partial charge < -0.3 is 14.7 Å². The summed E-state index contributed by atoms with van der Waals surface area (Å²) in [5, 5.41) is 9.26. The van der Waals surface area contributed by atoms with Crippen molar-refractivity contribution >= 4 is 11.7 Å². The molecule has 1 aromatic rings. The van der Waals surface area contributed by atoms with Crippen LogP contribution in [0.25, 0.3) is 0 Å². The van der Waals surface area contributed by atoms with E-state index in [2.05, 4.69) is 11.0 Å². The number of likely N-dealkylation sites (N-methyl/N-ethyl adjacent to an activating group) is 1. The number of carboxylic acid groups (broad SMARTS) is 1.